The minimum absolute atomic E-state index is 0.124. The van der Waals surface area contributed by atoms with E-state index in [1.54, 1.807) is 12.1 Å². The number of aromatic carboxylic acids is 1. The van der Waals surface area contributed by atoms with Gasteiger partial charge in [-0.05, 0) is 23.8 Å². The van der Waals surface area contributed by atoms with Gasteiger partial charge in [0.05, 0.1) is 5.56 Å². The minimum atomic E-state index is -0.985. The molecule has 0 aliphatic rings. The van der Waals surface area contributed by atoms with E-state index in [4.69, 9.17) is 16.7 Å². The standard InChI is InChI=1S/C10H9ClINO3/c11-4-9(14)13-8-2-1-6(10(15)16)3-7(8)5-12/h1-3H,4-5H2,(H,13,14)(H,15,16). The Kier molecular flexibility index (Phi) is 5.01. The summed E-state index contributed by atoms with van der Waals surface area (Å²) in [7, 11) is 0. The highest BCUT2D eigenvalue weighted by Gasteiger charge is 2.09. The molecule has 0 saturated heterocycles. The molecule has 0 heterocycles. The number of halogens is 2. The molecule has 0 aromatic heterocycles. The lowest BCUT2D eigenvalue weighted by molar-refractivity contribution is -0.113. The fraction of sp³-hybridized carbons (Fsp3) is 0.200. The molecule has 1 amide bonds. The lowest BCUT2D eigenvalue weighted by Gasteiger charge is -2.09. The first-order valence-electron chi connectivity index (χ1n) is 4.36. The van der Waals surface area contributed by atoms with Crippen LogP contribution in [0.5, 0.6) is 0 Å². The predicted octanol–water partition coefficient (Wildman–Crippen LogP) is 2.50. The Hall–Kier alpha value is -0.820. The number of anilines is 1. The van der Waals surface area contributed by atoms with E-state index < -0.39 is 5.97 Å². The van der Waals surface area contributed by atoms with Crippen molar-refractivity contribution in [1.82, 2.24) is 0 Å². The van der Waals surface area contributed by atoms with Gasteiger partial charge in [-0.2, -0.15) is 0 Å². The van der Waals surface area contributed by atoms with Gasteiger partial charge in [0.25, 0.3) is 0 Å². The number of benzene rings is 1. The maximum Gasteiger partial charge on any atom is 0.335 e. The number of carboxylic acid groups (broad SMARTS) is 1. The van der Waals surface area contributed by atoms with Crippen molar-refractivity contribution in [3.63, 3.8) is 0 Å². The summed E-state index contributed by atoms with van der Waals surface area (Å²) in [6.07, 6.45) is 0. The van der Waals surface area contributed by atoms with Gasteiger partial charge in [-0.15, -0.1) is 11.6 Å². The molecule has 86 valence electrons. The summed E-state index contributed by atoms with van der Waals surface area (Å²) in [4.78, 5) is 21.9. The largest absolute Gasteiger partial charge is 0.478 e. The normalized spacial score (nSPS) is 9.88. The van der Waals surface area contributed by atoms with Crippen LogP contribution in [0.15, 0.2) is 18.2 Å². The number of alkyl halides is 2. The average molecular weight is 354 g/mol. The number of hydrogen-bond donors (Lipinski definition) is 2. The van der Waals surface area contributed by atoms with Crippen molar-refractivity contribution in [2.75, 3.05) is 11.2 Å². The maximum absolute atomic E-state index is 11.1. The van der Waals surface area contributed by atoms with Crippen molar-refractivity contribution in [2.24, 2.45) is 0 Å². The van der Waals surface area contributed by atoms with E-state index in [-0.39, 0.29) is 17.4 Å². The molecule has 0 saturated carbocycles. The second kappa shape index (κ2) is 6.05. The van der Waals surface area contributed by atoms with Crippen LogP contribution in [-0.2, 0) is 9.22 Å². The van der Waals surface area contributed by atoms with Crippen molar-refractivity contribution in [3.8, 4) is 0 Å². The molecule has 0 spiro atoms. The Labute approximate surface area is 111 Å². The quantitative estimate of drug-likeness (QED) is 0.646. The van der Waals surface area contributed by atoms with Gasteiger partial charge in [-0.3, -0.25) is 4.79 Å². The molecule has 16 heavy (non-hydrogen) atoms. The van der Waals surface area contributed by atoms with Crippen molar-refractivity contribution in [2.45, 2.75) is 4.43 Å². The molecule has 0 bridgehead atoms. The molecule has 0 aliphatic heterocycles. The van der Waals surface area contributed by atoms with Crippen LogP contribution in [0.2, 0.25) is 0 Å². The fourth-order valence-corrected chi connectivity index (χ4v) is 1.84. The molecule has 2 N–H and O–H groups in total. The van der Waals surface area contributed by atoms with Crippen LogP contribution in [-0.4, -0.2) is 22.9 Å². The second-order valence-corrected chi connectivity index (χ2v) is 4.02. The minimum Gasteiger partial charge on any atom is -0.478 e. The molecular weight excluding hydrogens is 344 g/mol. The average Bonchev–Trinajstić information content (AvgIpc) is 2.29. The first kappa shape index (κ1) is 13.2. The summed E-state index contributed by atoms with van der Waals surface area (Å²) >= 11 is 7.47. The summed E-state index contributed by atoms with van der Waals surface area (Å²) < 4.78 is 0.608. The first-order valence-corrected chi connectivity index (χ1v) is 6.42. The van der Waals surface area contributed by atoms with Crippen LogP contribution in [0.3, 0.4) is 0 Å². The molecular formula is C10H9ClINO3. The van der Waals surface area contributed by atoms with Crippen LogP contribution >= 0.6 is 34.2 Å². The van der Waals surface area contributed by atoms with E-state index >= 15 is 0 Å². The SMILES string of the molecule is O=C(CCl)Nc1ccc(C(=O)O)cc1CI. The van der Waals surface area contributed by atoms with Crippen LogP contribution in [0.1, 0.15) is 15.9 Å². The highest BCUT2D eigenvalue weighted by Crippen LogP contribution is 2.20. The molecule has 4 nitrogen and oxygen atoms in total. The fourth-order valence-electron chi connectivity index (χ4n) is 1.14. The van der Waals surface area contributed by atoms with E-state index in [9.17, 15) is 9.59 Å². The van der Waals surface area contributed by atoms with Gasteiger partial charge in [0.2, 0.25) is 5.91 Å². The monoisotopic (exact) mass is 353 g/mol. The van der Waals surface area contributed by atoms with Gasteiger partial charge >= 0.3 is 5.97 Å². The van der Waals surface area contributed by atoms with Crippen molar-refractivity contribution in [1.29, 1.82) is 0 Å². The number of rotatable bonds is 4. The number of nitrogens with one attached hydrogen (secondary N) is 1. The van der Waals surface area contributed by atoms with Gasteiger partial charge in [0, 0.05) is 10.1 Å². The number of hydrogen-bond acceptors (Lipinski definition) is 2. The summed E-state index contributed by atoms with van der Waals surface area (Å²) in [6.45, 7) is 0. The Bertz CT molecular complexity index is 423. The summed E-state index contributed by atoms with van der Waals surface area (Å²) in [6, 6.07) is 4.56. The molecule has 0 radical (unpaired) electrons. The third-order valence-electron chi connectivity index (χ3n) is 1.89. The summed E-state index contributed by atoms with van der Waals surface area (Å²) in [5.41, 5.74) is 1.57. The zero-order chi connectivity index (χ0) is 12.1. The Morgan fingerprint density at radius 1 is 1.44 bits per heavy atom. The number of carbonyl (C=O) groups is 2. The Balaban J connectivity index is 3.02. The number of carbonyl (C=O) groups excluding carboxylic acids is 1. The molecule has 0 fully saturated rings. The molecule has 1 aromatic carbocycles. The zero-order valence-electron chi connectivity index (χ0n) is 8.17. The molecule has 1 aromatic rings. The van der Waals surface area contributed by atoms with Crippen LogP contribution in [0.25, 0.3) is 0 Å². The summed E-state index contributed by atoms with van der Waals surface area (Å²) in [5.74, 6) is -1.42. The lowest BCUT2D eigenvalue weighted by Crippen LogP contribution is -2.14. The van der Waals surface area contributed by atoms with E-state index in [0.717, 1.165) is 5.56 Å². The van der Waals surface area contributed by atoms with Crippen LogP contribution in [0, 0.1) is 0 Å². The maximum atomic E-state index is 11.1. The topological polar surface area (TPSA) is 66.4 Å². The second-order valence-electron chi connectivity index (χ2n) is 2.99. The van der Waals surface area contributed by atoms with E-state index in [2.05, 4.69) is 27.9 Å². The van der Waals surface area contributed by atoms with Gasteiger partial charge < -0.3 is 10.4 Å². The van der Waals surface area contributed by atoms with Crippen LogP contribution in [0.4, 0.5) is 5.69 Å². The Morgan fingerprint density at radius 3 is 2.62 bits per heavy atom. The van der Waals surface area contributed by atoms with Gasteiger partial charge in [0.1, 0.15) is 5.88 Å². The Morgan fingerprint density at radius 2 is 2.12 bits per heavy atom. The van der Waals surface area contributed by atoms with Crippen molar-refractivity contribution in [3.05, 3.63) is 29.3 Å². The molecule has 1 rings (SSSR count). The molecule has 0 aliphatic carbocycles. The highest BCUT2D eigenvalue weighted by molar-refractivity contribution is 14.1. The number of amides is 1. The zero-order valence-corrected chi connectivity index (χ0v) is 11.1. The van der Waals surface area contributed by atoms with Crippen molar-refractivity contribution >= 4 is 51.8 Å². The molecule has 0 unspecified atom stereocenters. The van der Waals surface area contributed by atoms with Gasteiger partial charge in [-0.25, -0.2) is 4.79 Å². The number of carboxylic acids is 1. The lowest BCUT2D eigenvalue weighted by atomic mass is 10.1. The van der Waals surface area contributed by atoms with Crippen LogP contribution < -0.4 is 5.32 Å². The smallest absolute Gasteiger partial charge is 0.335 e. The molecule has 6 heteroatoms. The van der Waals surface area contributed by atoms with E-state index in [1.165, 1.54) is 6.07 Å². The van der Waals surface area contributed by atoms with E-state index in [1.807, 2.05) is 0 Å². The first-order chi connectivity index (χ1) is 7.58. The van der Waals surface area contributed by atoms with Crippen molar-refractivity contribution < 1.29 is 14.7 Å². The third-order valence-corrected chi connectivity index (χ3v) is 2.96. The summed E-state index contributed by atoms with van der Waals surface area (Å²) in [5, 5.41) is 11.4. The van der Waals surface area contributed by atoms with Gasteiger partial charge in [-0.1, -0.05) is 22.6 Å². The van der Waals surface area contributed by atoms with Gasteiger partial charge in [0.15, 0.2) is 0 Å². The third kappa shape index (κ3) is 3.34. The highest BCUT2D eigenvalue weighted by atomic mass is 127. The molecule has 0 atom stereocenters. The van der Waals surface area contributed by atoms with E-state index in [0.29, 0.717) is 10.1 Å². The predicted molar refractivity (Wildman–Crippen MR) is 70.5 cm³/mol.